The van der Waals surface area contributed by atoms with E-state index in [1.807, 2.05) is 18.5 Å². The van der Waals surface area contributed by atoms with Gasteiger partial charge in [0.25, 0.3) is 5.91 Å². The summed E-state index contributed by atoms with van der Waals surface area (Å²) in [5, 5.41) is 1.07. The van der Waals surface area contributed by atoms with Crippen LogP contribution in [0, 0.1) is 0 Å². The quantitative estimate of drug-likeness (QED) is 0.381. The van der Waals surface area contributed by atoms with E-state index in [0.717, 1.165) is 12.8 Å². The first-order chi connectivity index (χ1) is 15.9. The maximum Gasteiger partial charge on any atom is 0.359 e. The fourth-order valence-electron chi connectivity index (χ4n) is 4.44. The molecule has 0 N–H and O–H groups in total. The number of imidazole rings is 1. The van der Waals surface area contributed by atoms with Crippen LogP contribution in [0.4, 0.5) is 0 Å². The van der Waals surface area contributed by atoms with Gasteiger partial charge in [0, 0.05) is 30.3 Å². The Labute approximate surface area is 201 Å². The number of ketones is 1. The maximum atomic E-state index is 13.2. The molecule has 0 bridgehead atoms. The highest BCUT2D eigenvalue weighted by atomic mass is 35.5. The van der Waals surface area contributed by atoms with Crippen LogP contribution >= 0.6 is 23.4 Å². The molecule has 1 amide bonds. The van der Waals surface area contributed by atoms with E-state index < -0.39 is 24.0 Å². The number of thioether (sulfide) groups is 1. The molecule has 1 aromatic carbocycles. The average Bonchev–Trinajstić information content (AvgIpc) is 3.22. The number of hydrogen-bond donors (Lipinski definition) is 0. The zero-order valence-electron chi connectivity index (χ0n) is 18.4. The Morgan fingerprint density at radius 1 is 1.21 bits per heavy atom. The minimum atomic E-state index is -1.17. The lowest BCUT2D eigenvalue weighted by atomic mass is 9.74. The topological polar surface area (TPSA) is 81.0 Å². The van der Waals surface area contributed by atoms with Gasteiger partial charge in [-0.25, -0.2) is 9.78 Å². The fraction of sp³-hybridized carbons (Fsp3) is 0.333. The number of carbonyl (C=O) groups is 3. The number of hydrogen-bond acceptors (Lipinski definition) is 6. The molecular formula is C24H24ClN3O4S. The Morgan fingerprint density at radius 3 is 2.70 bits per heavy atom. The number of likely N-dealkylation sites (N-methyl/N-ethyl adjacent to an activating group) is 1. The van der Waals surface area contributed by atoms with Gasteiger partial charge in [0.2, 0.25) is 0 Å². The summed E-state index contributed by atoms with van der Waals surface area (Å²) in [4.78, 5) is 44.9. The lowest BCUT2D eigenvalue weighted by Crippen LogP contribution is -2.55. The number of esters is 1. The second-order valence-electron chi connectivity index (χ2n) is 7.90. The molecule has 0 aliphatic heterocycles. The van der Waals surface area contributed by atoms with Crippen molar-refractivity contribution in [3.63, 3.8) is 0 Å². The Hall–Kier alpha value is -2.84. The number of rotatable bonds is 6. The molecular weight excluding hydrogens is 462 g/mol. The van der Waals surface area contributed by atoms with Crippen molar-refractivity contribution in [2.24, 2.45) is 0 Å². The van der Waals surface area contributed by atoms with Gasteiger partial charge in [-0.15, -0.1) is 0 Å². The third-order valence-corrected chi connectivity index (χ3v) is 7.12. The number of nitrogens with zero attached hydrogens (tertiary/aromatic N) is 3. The van der Waals surface area contributed by atoms with E-state index in [1.54, 1.807) is 47.8 Å². The number of aromatic nitrogens is 2. The van der Waals surface area contributed by atoms with Gasteiger partial charge < -0.3 is 9.64 Å². The molecule has 2 heterocycles. The normalized spacial score (nSPS) is 18.3. The predicted molar refractivity (Wildman–Crippen MR) is 127 cm³/mol. The van der Waals surface area contributed by atoms with Gasteiger partial charge in [-0.05, 0) is 43.7 Å². The summed E-state index contributed by atoms with van der Waals surface area (Å²) in [6.07, 6.45) is 6.06. The standard InChI is InChI=1S/C24H24ClN3O4S/c1-27(24(13-7-5-12-19(24)29)16-9-3-4-10-17(16)25)20(30)15-32-22(31)21-18-11-6-8-14-28(18)23(26-21)33-2/h3-4,6,8-11,14H,5,7,12-13,15H2,1-2H3. The van der Waals surface area contributed by atoms with Crippen LogP contribution in [0.3, 0.4) is 0 Å². The van der Waals surface area contributed by atoms with Gasteiger partial charge in [0.05, 0.1) is 5.52 Å². The molecule has 172 valence electrons. The summed E-state index contributed by atoms with van der Waals surface area (Å²) >= 11 is 7.85. The van der Waals surface area contributed by atoms with Crippen LogP contribution < -0.4 is 0 Å². The second-order valence-corrected chi connectivity index (χ2v) is 9.08. The molecule has 0 saturated heterocycles. The van der Waals surface area contributed by atoms with E-state index in [-0.39, 0.29) is 11.5 Å². The van der Waals surface area contributed by atoms with Crippen LogP contribution in [-0.4, -0.2) is 51.9 Å². The smallest absolute Gasteiger partial charge is 0.359 e. The van der Waals surface area contributed by atoms with E-state index in [4.69, 9.17) is 16.3 Å². The molecule has 0 radical (unpaired) electrons. The highest BCUT2D eigenvalue weighted by molar-refractivity contribution is 7.98. The molecule has 1 atom stereocenters. The van der Waals surface area contributed by atoms with Gasteiger partial charge in [-0.3, -0.25) is 14.0 Å². The van der Waals surface area contributed by atoms with Crippen LogP contribution in [0.25, 0.3) is 5.52 Å². The molecule has 7 nitrogen and oxygen atoms in total. The first-order valence-electron chi connectivity index (χ1n) is 10.6. The minimum Gasteiger partial charge on any atom is -0.451 e. The van der Waals surface area contributed by atoms with Crippen molar-refractivity contribution in [3.8, 4) is 0 Å². The molecule has 1 unspecified atom stereocenters. The van der Waals surface area contributed by atoms with Crippen LogP contribution in [0.1, 0.15) is 41.7 Å². The fourth-order valence-corrected chi connectivity index (χ4v) is 5.27. The summed E-state index contributed by atoms with van der Waals surface area (Å²) in [6, 6.07) is 12.5. The second kappa shape index (κ2) is 9.57. The number of Topliss-reactive ketones (excluding diaryl/α,β-unsaturated/α-hetero) is 1. The molecule has 1 aliphatic rings. The lowest BCUT2D eigenvalue weighted by molar-refractivity contribution is -0.150. The SMILES string of the molecule is CSc1nc(C(=O)OCC(=O)N(C)C2(c3ccccc3Cl)CCCCC2=O)c2ccccn12. The maximum absolute atomic E-state index is 13.2. The van der Waals surface area contributed by atoms with Crippen molar-refractivity contribution in [1.82, 2.24) is 14.3 Å². The van der Waals surface area contributed by atoms with Crippen LogP contribution in [0.15, 0.2) is 53.8 Å². The Kier molecular flexibility index (Phi) is 6.76. The molecule has 1 saturated carbocycles. The predicted octanol–water partition coefficient (Wildman–Crippen LogP) is 4.36. The zero-order chi connectivity index (χ0) is 23.6. The molecule has 1 fully saturated rings. The Bertz CT molecular complexity index is 1230. The Balaban J connectivity index is 1.57. The monoisotopic (exact) mass is 485 g/mol. The number of benzene rings is 1. The molecule has 2 aromatic heterocycles. The highest BCUT2D eigenvalue weighted by Crippen LogP contribution is 2.42. The molecule has 0 spiro atoms. The number of fused-ring (bicyclic) bond motifs is 1. The third kappa shape index (κ3) is 4.13. The van der Waals surface area contributed by atoms with Crippen molar-refractivity contribution >= 4 is 46.5 Å². The van der Waals surface area contributed by atoms with Gasteiger partial charge >= 0.3 is 5.97 Å². The van der Waals surface area contributed by atoms with Crippen molar-refractivity contribution < 1.29 is 19.1 Å². The summed E-state index contributed by atoms with van der Waals surface area (Å²) < 4.78 is 7.15. The van der Waals surface area contributed by atoms with E-state index in [2.05, 4.69) is 4.98 Å². The largest absolute Gasteiger partial charge is 0.451 e. The molecule has 1 aliphatic carbocycles. The van der Waals surface area contributed by atoms with E-state index in [1.165, 1.54) is 16.7 Å². The van der Waals surface area contributed by atoms with Crippen LogP contribution in [0.2, 0.25) is 5.02 Å². The van der Waals surface area contributed by atoms with Crippen molar-refractivity contribution in [2.45, 2.75) is 36.4 Å². The van der Waals surface area contributed by atoms with Crippen molar-refractivity contribution in [2.75, 3.05) is 19.9 Å². The first-order valence-corrected chi connectivity index (χ1v) is 12.2. The molecule has 4 rings (SSSR count). The van der Waals surface area contributed by atoms with Gasteiger partial charge in [-0.1, -0.05) is 47.6 Å². The number of ether oxygens (including phenoxy) is 1. The van der Waals surface area contributed by atoms with Gasteiger partial charge in [-0.2, -0.15) is 0 Å². The lowest BCUT2D eigenvalue weighted by Gasteiger charge is -2.43. The van der Waals surface area contributed by atoms with Crippen molar-refractivity contribution in [3.05, 3.63) is 64.9 Å². The van der Waals surface area contributed by atoms with Crippen molar-refractivity contribution in [1.29, 1.82) is 0 Å². The average molecular weight is 486 g/mol. The van der Waals surface area contributed by atoms with E-state index in [0.29, 0.717) is 34.1 Å². The number of carbonyl (C=O) groups excluding carboxylic acids is 3. The van der Waals surface area contributed by atoms with Crippen LogP contribution in [0.5, 0.6) is 0 Å². The molecule has 9 heteroatoms. The van der Waals surface area contributed by atoms with E-state index >= 15 is 0 Å². The number of amides is 1. The summed E-state index contributed by atoms with van der Waals surface area (Å²) in [5.41, 5.74) is 0.170. The van der Waals surface area contributed by atoms with E-state index in [9.17, 15) is 14.4 Å². The number of halogens is 1. The Morgan fingerprint density at radius 2 is 1.97 bits per heavy atom. The first kappa shape index (κ1) is 23.3. The van der Waals surface area contributed by atoms with Gasteiger partial charge in [0.15, 0.2) is 23.2 Å². The summed E-state index contributed by atoms with van der Waals surface area (Å²) in [6.45, 7) is -0.505. The zero-order valence-corrected chi connectivity index (χ0v) is 20.0. The van der Waals surface area contributed by atoms with Gasteiger partial charge in [0.1, 0.15) is 5.54 Å². The minimum absolute atomic E-state index is 0.0614. The number of pyridine rings is 1. The molecule has 33 heavy (non-hydrogen) atoms. The summed E-state index contributed by atoms with van der Waals surface area (Å²) in [5.74, 6) is -1.23. The van der Waals surface area contributed by atoms with Crippen LogP contribution in [-0.2, 0) is 19.9 Å². The molecule has 3 aromatic rings. The third-order valence-electron chi connectivity index (χ3n) is 6.14. The highest BCUT2D eigenvalue weighted by Gasteiger charge is 2.48. The summed E-state index contributed by atoms with van der Waals surface area (Å²) in [7, 11) is 1.57.